The average molecular weight is 164 g/mol. The molecule has 1 spiro atoms. The van der Waals surface area contributed by atoms with Crippen molar-refractivity contribution in [3.63, 3.8) is 0 Å². The number of ether oxygens (including phenoxy) is 1. The van der Waals surface area contributed by atoms with Crippen LogP contribution in [0.2, 0.25) is 0 Å². The van der Waals surface area contributed by atoms with Crippen LogP contribution in [0.1, 0.15) is 32.1 Å². The van der Waals surface area contributed by atoms with Crippen LogP contribution in [0.15, 0.2) is 24.3 Å². The van der Waals surface area contributed by atoms with Gasteiger partial charge in [0.2, 0.25) is 0 Å². The fourth-order valence-electron chi connectivity index (χ4n) is 2.29. The second-order valence-corrected chi connectivity index (χ2v) is 3.93. The lowest BCUT2D eigenvalue weighted by Gasteiger charge is -2.33. The zero-order valence-corrected chi connectivity index (χ0v) is 7.57. The van der Waals surface area contributed by atoms with Crippen LogP contribution in [0, 0.1) is 0 Å². The fraction of sp³-hybridized carbons (Fsp3) is 0.636. The Morgan fingerprint density at radius 3 is 2.25 bits per heavy atom. The number of hydrogen-bond donors (Lipinski definition) is 0. The Labute approximate surface area is 74.1 Å². The minimum absolute atomic E-state index is 0.00926. The van der Waals surface area contributed by atoms with Crippen LogP contribution in [0.4, 0.5) is 0 Å². The average Bonchev–Trinajstić information content (AvgIpc) is 2.37. The van der Waals surface area contributed by atoms with Crippen molar-refractivity contribution in [1.29, 1.82) is 0 Å². The summed E-state index contributed by atoms with van der Waals surface area (Å²) in [7, 11) is 0. The standard InChI is InChI=1S/C11H16O/c1-9-8-12-11(10(9)2)6-4-3-5-7-11/h1-8H2. The molecule has 12 heavy (non-hydrogen) atoms. The topological polar surface area (TPSA) is 9.23 Å². The van der Waals surface area contributed by atoms with Gasteiger partial charge in [0.15, 0.2) is 0 Å². The van der Waals surface area contributed by atoms with Crippen molar-refractivity contribution < 1.29 is 4.74 Å². The van der Waals surface area contributed by atoms with Crippen molar-refractivity contribution in [2.24, 2.45) is 0 Å². The van der Waals surface area contributed by atoms with Crippen LogP contribution in [0.5, 0.6) is 0 Å². The van der Waals surface area contributed by atoms with E-state index in [2.05, 4.69) is 13.2 Å². The van der Waals surface area contributed by atoms with Gasteiger partial charge in [0.05, 0.1) is 12.2 Å². The van der Waals surface area contributed by atoms with Crippen molar-refractivity contribution in [2.75, 3.05) is 6.61 Å². The maximum Gasteiger partial charge on any atom is 0.0933 e. The first kappa shape index (κ1) is 8.06. The molecule has 0 aromatic heterocycles. The quantitative estimate of drug-likeness (QED) is 0.535. The smallest absolute Gasteiger partial charge is 0.0933 e. The van der Waals surface area contributed by atoms with Crippen LogP contribution in [0.25, 0.3) is 0 Å². The summed E-state index contributed by atoms with van der Waals surface area (Å²) < 4.78 is 5.81. The molecule has 0 unspecified atom stereocenters. The van der Waals surface area contributed by atoms with Gasteiger partial charge in [-0.25, -0.2) is 0 Å². The Kier molecular flexibility index (Phi) is 1.84. The molecule has 1 saturated heterocycles. The minimum Gasteiger partial charge on any atom is -0.366 e. The largest absolute Gasteiger partial charge is 0.366 e. The summed E-state index contributed by atoms with van der Waals surface area (Å²) in [6.45, 7) is 8.75. The van der Waals surface area contributed by atoms with Gasteiger partial charge in [-0.3, -0.25) is 0 Å². The molecule has 0 atom stereocenters. The predicted octanol–water partition coefficient (Wildman–Crippen LogP) is 2.83. The number of hydrogen-bond acceptors (Lipinski definition) is 1. The molecule has 0 N–H and O–H groups in total. The molecule has 66 valence electrons. The van der Waals surface area contributed by atoms with E-state index in [1.165, 1.54) is 24.8 Å². The Balaban J connectivity index is 2.19. The summed E-state index contributed by atoms with van der Waals surface area (Å²) in [6.07, 6.45) is 6.24. The van der Waals surface area contributed by atoms with E-state index in [-0.39, 0.29) is 5.60 Å². The van der Waals surface area contributed by atoms with Gasteiger partial charge in [0.1, 0.15) is 0 Å². The molecular weight excluding hydrogens is 148 g/mol. The molecule has 0 aromatic rings. The van der Waals surface area contributed by atoms with E-state index in [1.54, 1.807) is 0 Å². The van der Waals surface area contributed by atoms with E-state index in [9.17, 15) is 0 Å². The third-order valence-corrected chi connectivity index (χ3v) is 3.16. The molecule has 0 amide bonds. The van der Waals surface area contributed by atoms with E-state index >= 15 is 0 Å². The molecule has 1 heterocycles. The molecule has 1 heteroatoms. The zero-order chi connectivity index (χ0) is 8.60. The van der Waals surface area contributed by atoms with E-state index in [4.69, 9.17) is 4.74 Å². The second kappa shape index (κ2) is 2.74. The summed E-state index contributed by atoms with van der Waals surface area (Å²) >= 11 is 0. The predicted molar refractivity (Wildman–Crippen MR) is 50.0 cm³/mol. The second-order valence-electron chi connectivity index (χ2n) is 3.93. The maximum absolute atomic E-state index is 5.81. The van der Waals surface area contributed by atoms with Gasteiger partial charge in [-0.15, -0.1) is 0 Å². The molecule has 2 fully saturated rings. The van der Waals surface area contributed by atoms with Crippen LogP contribution < -0.4 is 0 Å². The lowest BCUT2D eigenvalue weighted by Crippen LogP contribution is -2.31. The monoisotopic (exact) mass is 164 g/mol. The molecule has 0 aromatic carbocycles. The molecule has 1 aliphatic heterocycles. The summed E-state index contributed by atoms with van der Waals surface area (Å²) in [6, 6.07) is 0. The van der Waals surface area contributed by atoms with E-state index in [1.807, 2.05) is 0 Å². The fourth-order valence-corrected chi connectivity index (χ4v) is 2.29. The van der Waals surface area contributed by atoms with Gasteiger partial charge in [0.25, 0.3) is 0 Å². The minimum atomic E-state index is 0.00926. The first-order valence-electron chi connectivity index (χ1n) is 4.76. The maximum atomic E-state index is 5.81. The summed E-state index contributed by atoms with van der Waals surface area (Å²) in [5.74, 6) is 0. The van der Waals surface area contributed by atoms with Crippen LogP contribution in [-0.4, -0.2) is 12.2 Å². The zero-order valence-electron chi connectivity index (χ0n) is 7.57. The van der Waals surface area contributed by atoms with Gasteiger partial charge < -0.3 is 4.74 Å². The molecule has 1 saturated carbocycles. The highest BCUT2D eigenvalue weighted by molar-refractivity contribution is 5.38. The van der Waals surface area contributed by atoms with Crippen LogP contribution >= 0.6 is 0 Å². The first-order chi connectivity index (χ1) is 5.75. The molecule has 0 radical (unpaired) electrons. The van der Waals surface area contributed by atoms with Crippen molar-refractivity contribution in [1.82, 2.24) is 0 Å². The van der Waals surface area contributed by atoms with Crippen molar-refractivity contribution in [2.45, 2.75) is 37.7 Å². The van der Waals surface area contributed by atoms with Gasteiger partial charge in [-0.1, -0.05) is 32.4 Å². The molecule has 2 rings (SSSR count). The highest BCUT2D eigenvalue weighted by atomic mass is 16.5. The van der Waals surface area contributed by atoms with E-state index in [0.29, 0.717) is 6.61 Å². The summed E-state index contributed by atoms with van der Waals surface area (Å²) in [5, 5.41) is 0. The van der Waals surface area contributed by atoms with Gasteiger partial charge >= 0.3 is 0 Å². The third kappa shape index (κ3) is 1.04. The molecular formula is C11H16O. The lowest BCUT2D eigenvalue weighted by atomic mass is 9.79. The number of rotatable bonds is 0. The Bertz CT molecular complexity index is 221. The van der Waals surface area contributed by atoms with Crippen molar-refractivity contribution in [3.8, 4) is 0 Å². The first-order valence-corrected chi connectivity index (χ1v) is 4.76. The highest BCUT2D eigenvalue weighted by Gasteiger charge is 2.41. The lowest BCUT2D eigenvalue weighted by molar-refractivity contribution is -0.00174. The highest BCUT2D eigenvalue weighted by Crippen LogP contribution is 2.43. The van der Waals surface area contributed by atoms with Gasteiger partial charge in [-0.2, -0.15) is 0 Å². The van der Waals surface area contributed by atoms with E-state index < -0.39 is 0 Å². The third-order valence-electron chi connectivity index (χ3n) is 3.16. The Morgan fingerprint density at radius 2 is 1.75 bits per heavy atom. The van der Waals surface area contributed by atoms with Crippen molar-refractivity contribution in [3.05, 3.63) is 24.3 Å². The molecule has 2 aliphatic rings. The summed E-state index contributed by atoms with van der Waals surface area (Å²) in [4.78, 5) is 0. The summed E-state index contributed by atoms with van der Waals surface area (Å²) in [5.41, 5.74) is 2.29. The SMILES string of the molecule is C=C1COC2(CCCCC2)C1=C. The van der Waals surface area contributed by atoms with Crippen LogP contribution in [-0.2, 0) is 4.74 Å². The van der Waals surface area contributed by atoms with Gasteiger partial charge in [0, 0.05) is 0 Å². The van der Waals surface area contributed by atoms with E-state index in [0.717, 1.165) is 18.4 Å². The molecule has 0 bridgehead atoms. The molecule has 1 aliphatic carbocycles. The van der Waals surface area contributed by atoms with Gasteiger partial charge in [-0.05, 0) is 24.0 Å². The Hall–Kier alpha value is -0.560. The molecule has 1 nitrogen and oxygen atoms in total. The normalized spacial score (nSPS) is 28.3. The van der Waals surface area contributed by atoms with Crippen LogP contribution in [0.3, 0.4) is 0 Å². The Morgan fingerprint density at radius 1 is 1.08 bits per heavy atom. The van der Waals surface area contributed by atoms with Crippen molar-refractivity contribution >= 4 is 0 Å².